The lowest BCUT2D eigenvalue weighted by atomic mass is 9.68. The predicted molar refractivity (Wildman–Crippen MR) is 401 cm³/mol. The van der Waals surface area contributed by atoms with Gasteiger partial charge in [-0.25, -0.2) is 17.6 Å². The zero-order valence-electron chi connectivity index (χ0n) is 61.4. The van der Waals surface area contributed by atoms with Gasteiger partial charge in [-0.05, 0) is 345 Å². The maximum absolute atomic E-state index is 13.8. The third-order valence-corrected chi connectivity index (χ3v) is 27.4. The molecule has 4 aromatic rings. The van der Waals surface area contributed by atoms with Gasteiger partial charge in [0, 0.05) is 0 Å². The van der Waals surface area contributed by atoms with Gasteiger partial charge in [0.05, 0.1) is 0 Å². The number of benzene rings is 4. The van der Waals surface area contributed by atoms with Crippen molar-refractivity contribution in [3.05, 3.63) is 141 Å². The molecular formula is C91H140F4. The number of rotatable bonds is 18. The van der Waals surface area contributed by atoms with Crippen LogP contribution in [0.3, 0.4) is 0 Å². The van der Waals surface area contributed by atoms with E-state index in [0.717, 1.165) is 93.3 Å². The highest BCUT2D eigenvalue weighted by atomic mass is 19.1. The van der Waals surface area contributed by atoms with Crippen LogP contribution in [-0.4, -0.2) is 0 Å². The maximum Gasteiger partial charge on any atom is 0.126 e. The summed E-state index contributed by atoms with van der Waals surface area (Å²) in [5.74, 6) is 14.1. The van der Waals surface area contributed by atoms with Crippen molar-refractivity contribution in [2.24, 2.45) is 71.0 Å². The largest absolute Gasteiger partial charge is 0.207 e. The lowest BCUT2D eigenvalue weighted by Gasteiger charge is -2.38. The molecule has 8 aliphatic carbocycles. The van der Waals surface area contributed by atoms with Crippen LogP contribution in [-0.2, 0) is 0 Å². The summed E-state index contributed by atoms with van der Waals surface area (Å²) in [6.07, 6.45) is 58.7. The molecule has 0 unspecified atom stereocenters. The molecule has 12 rings (SSSR count). The van der Waals surface area contributed by atoms with Crippen molar-refractivity contribution in [3.63, 3.8) is 0 Å². The Morgan fingerprint density at radius 3 is 0.695 bits per heavy atom. The van der Waals surface area contributed by atoms with E-state index >= 15 is 0 Å². The van der Waals surface area contributed by atoms with Gasteiger partial charge in [-0.3, -0.25) is 0 Å². The second kappa shape index (κ2) is 40.1. The Balaban J connectivity index is 0.000000162. The van der Waals surface area contributed by atoms with Gasteiger partial charge in [0.15, 0.2) is 0 Å². The summed E-state index contributed by atoms with van der Waals surface area (Å²) in [5, 5.41) is 0. The quantitative estimate of drug-likeness (QED) is 0.0688. The van der Waals surface area contributed by atoms with Gasteiger partial charge in [-0.15, -0.1) is 0 Å². The summed E-state index contributed by atoms with van der Waals surface area (Å²) in [6, 6.07) is 23.6. The Morgan fingerprint density at radius 1 is 0.253 bits per heavy atom. The highest BCUT2D eigenvalue weighted by molar-refractivity contribution is 5.30. The minimum absolute atomic E-state index is 0. The van der Waals surface area contributed by atoms with Crippen LogP contribution >= 0.6 is 0 Å². The van der Waals surface area contributed by atoms with E-state index in [1.54, 1.807) is 24.3 Å². The number of aryl methyl sites for hydroxylation is 4. The topological polar surface area (TPSA) is 0 Å². The van der Waals surface area contributed by atoms with Crippen LogP contribution in [0.1, 0.15) is 373 Å². The van der Waals surface area contributed by atoms with Crippen molar-refractivity contribution < 1.29 is 17.6 Å². The Morgan fingerprint density at radius 2 is 0.474 bits per heavy atom. The van der Waals surface area contributed by atoms with Gasteiger partial charge in [-0.2, -0.15) is 0 Å². The van der Waals surface area contributed by atoms with E-state index in [0.29, 0.717) is 23.7 Å². The zero-order chi connectivity index (χ0) is 66.3. The Labute approximate surface area is 582 Å². The SMILES string of the molecule is C.CCC1CCC(C2CCC(c3ccc(C)c(F)c3)CC2)CC1.CCCC1CCC(C2CCC(c3ccc(C)c(F)c3)CC2)CC1.CCCCC1CCC(C2CCC(c3ccc(C)c(F)c3)CC2)CC1.CCCCCC1CCC(C2CCC(c3ccc(C)c(F)c3)CC2)CC1. The van der Waals surface area contributed by atoms with Gasteiger partial charge in [0.2, 0.25) is 0 Å². The predicted octanol–water partition coefficient (Wildman–Crippen LogP) is 29.5. The number of halogens is 4. The molecule has 0 saturated heterocycles. The summed E-state index contributed by atoms with van der Waals surface area (Å²) in [5.41, 5.74) is 8.02. The molecule has 4 aromatic carbocycles. The highest BCUT2D eigenvalue weighted by Crippen LogP contribution is 2.49. The molecule has 0 heterocycles. The van der Waals surface area contributed by atoms with Crippen molar-refractivity contribution in [1.82, 2.24) is 0 Å². The van der Waals surface area contributed by atoms with E-state index < -0.39 is 0 Å². The van der Waals surface area contributed by atoms with Crippen LogP contribution in [0.15, 0.2) is 72.8 Å². The molecule has 8 aliphatic rings. The summed E-state index contributed by atoms with van der Waals surface area (Å²) >= 11 is 0. The van der Waals surface area contributed by atoms with Gasteiger partial charge < -0.3 is 0 Å². The first-order valence-corrected chi connectivity index (χ1v) is 40.7. The molecule has 0 N–H and O–H groups in total. The second-order valence-electron chi connectivity index (χ2n) is 33.4. The normalized spacial score (nSPS) is 31.2. The van der Waals surface area contributed by atoms with Gasteiger partial charge >= 0.3 is 0 Å². The third-order valence-electron chi connectivity index (χ3n) is 27.4. The lowest BCUT2D eigenvalue weighted by Crippen LogP contribution is -2.25. The first-order chi connectivity index (χ1) is 45.7. The van der Waals surface area contributed by atoms with Gasteiger partial charge in [-0.1, -0.05) is 199 Å². The molecule has 8 fully saturated rings. The molecule has 0 nitrogen and oxygen atoms in total. The van der Waals surface area contributed by atoms with E-state index in [4.69, 9.17) is 0 Å². The molecule has 0 aromatic heterocycles. The second-order valence-corrected chi connectivity index (χ2v) is 33.4. The Kier molecular flexibility index (Phi) is 32.7. The first-order valence-electron chi connectivity index (χ1n) is 40.7. The average molecular weight is 1310 g/mol. The van der Waals surface area contributed by atoms with E-state index in [2.05, 4.69) is 52.0 Å². The molecule has 0 spiro atoms. The van der Waals surface area contributed by atoms with E-state index in [1.165, 1.54) is 292 Å². The van der Waals surface area contributed by atoms with Crippen molar-refractivity contribution in [2.75, 3.05) is 0 Å². The number of unbranched alkanes of at least 4 members (excludes halogenated alkanes) is 3. The maximum atomic E-state index is 13.8. The Bertz CT molecular complexity index is 2750. The molecule has 0 atom stereocenters. The molecule has 95 heavy (non-hydrogen) atoms. The van der Waals surface area contributed by atoms with Crippen LogP contribution < -0.4 is 0 Å². The number of hydrogen-bond acceptors (Lipinski definition) is 0. The highest BCUT2D eigenvalue weighted by Gasteiger charge is 2.36. The van der Waals surface area contributed by atoms with E-state index in [9.17, 15) is 17.6 Å². The third kappa shape index (κ3) is 23.3. The van der Waals surface area contributed by atoms with E-state index in [1.807, 2.05) is 52.0 Å². The van der Waals surface area contributed by atoms with Gasteiger partial charge in [0.25, 0.3) is 0 Å². The fraction of sp³-hybridized carbons (Fsp3) is 0.736. The molecule has 0 aliphatic heterocycles. The molecular weight excluding hydrogens is 1170 g/mol. The zero-order valence-corrected chi connectivity index (χ0v) is 61.4. The average Bonchev–Trinajstić information content (AvgIpc) is 1.39. The van der Waals surface area contributed by atoms with E-state index in [-0.39, 0.29) is 30.7 Å². The standard InChI is InChI=1S/C24H37F.C23H35F.C22H33F.C21H31F.CH4/c1-3-4-5-6-19-8-11-20(12-9-19)21-13-15-22(16-14-21)23-10-7-18(2)24(25)17-23;1-3-4-5-18-7-10-19(11-8-18)20-12-14-21(15-13-20)22-9-6-17(2)23(24)16-22;1-3-4-17-6-9-18(10-7-17)19-11-13-20(14-12-19)21-8-5-16(2)22(23)15-21;1-3-16-5-8-17(9-6-16)18-10-12-19(13-11-18)20-7-4-15(2)21(22)14-20;/h7,10,17,19-22H,3-6,8-9,11-16H2,1-2H3;6,9,16,18-21H,3-5,7-8,10-15H2,1-2H3;5,8,15,17-20H,3-4,6-7,9-14H2,1-2H3;4,7,14,16-19H,3,5-6,8-13H2,1-2H3;1H4. The molecule has 4 heteroatoms. The van der Waals surface area contributed by atoms with Crippen molar-refractivity contribution in [1.29, 1.82) is 0 Å². The van der Waals surface area contributed by atoms with Crippen molar-refractivity contribution >= 4 is 0 Å². The smallest absolute Gasteiger partial charge is 0.126 e. The van der Waals surface area contributed by atoms with Crippen LogP contribution in [0, 0.1) is 122 Å². The first kappa shape index (κ1) is 77.3. The molecule has 0 bridgehead atoms. The Hall–Kier alpha value is -3.40. The molecule has 8 saturated carbocycles. The summed E-state index contributed by atoms with van der Waals surface area (Å²) in [4.78, 5) is 0. The molecule has 0 radical (unpaired) electrons. The fourth-order valence-corrected chi connectivity index (χ4v) is 20.6. The molecule has 0 amide bonds. The van der Waals surface area contributed by atoms with Crippen LogP contribution in [0.5, 0.6) is 0 Å². The van der Waals surface area contributed by atoms with Gasteiger partial charge in [0.1, 0.15) is 23.3 Å². The molecule has 532 valence electrons. The van der Waals surface area contributed by atoms with Crippen LogP contribution in [0.4, 0.5) is 17.6 Å². The summed E-state index contributed by atoms with van der Waals surface area (Å²) < 4.78 is 55.2. The van der Waals surface area contributed by atoms with Crippen LogP contribution in [0.25, 0.3) is 0 Å². The monoisotopic (exact) mass is 1310 g/mol. The summed E-state index contributed by atoms with van der Waals surface area (Å²) in [7, 11) is 0. The van der Waals surface area contributed by atoms with Crippen molar-refractivity contribution in [3.8, 4) is 0 Å². The van der Waals surface area contributed by atoms with Crippen LogP contribution in [0.2, 0.25) is 0 Å². The van der Waals surface area contributed by atoms with Crippen molar-refractivity contribution in [2.45, 2.75) is 356 Å². The fourth-order valence-electron chi connectivity index (χ4n) is 20.6. The minimum Gasteiger partial charge on any atom is -0.207 e. The minimum atomic E-state index is -0.0301. The summed E-state index contributed by atoms with van der Waals surface area (Å²) in [6.45, 7) is 16.7. The lowest BCUT2D eigenvalue weighted by molar-refractivity contribution is 0.155. The number of hydrogen-bond donors (Lipinski definition) is 0.